The van der Waals surface area contributed by atoms with Crippen LogP contribution in [0.15, 0.2) is 12.2 Å². The van der Waals surface area contributed by atoms with E-state index < -0.39 is 0 Å². The van der Waals surface area contributed by atoms with Crippen LogP contribution in [0.5, 0.6) is 0 Å². The van der Waals surface area contributed by atoms with Crippen LogP contribution >= 0.6 is 0 Å². The van der Waals surface area contributed by atoms with E-state index in [1.54, 1.807) is 0 Å². The quantitative estimate of drug-likeness (QED) is 0.612. The molecule has 0 bridgehead atoms. The average molecular weight is 154 g/mol. The van der Waals surface area contributed by atoms with Crippen LogP contribution in [0.2, 0.25) is 0 Å². The molecule has 0 fully saturated rings. The second-order valence-corrected chi connectivity index (χ2v) is 3.21. The smallest absolute Gasteiger partial charge is 0.0169 e. The van der Waals surface area contributed by atoms with Gasteiger partial charge in [-0.2, -0.15) is 0 Å². The Kier molecular flexibility index (Phi) is 3.60. The Morgan fingerprint density at radius 1 is 1.45 bits per heavy atom. The molecule has 0 aromatic carbocycles. The van der Waals surface area contributed by atoms with Gasteiger partial charge < -0.3 is 5.73 Å². The van der Waals surface area contributed by atoms with Crippen molar-refractivity contribution in [2.75, 3.05) is 19.6 Å². The Bertz CT molecular complexity index is 124. The average Bonchev–Trinajstić information content (AvgIpc) is 2.52. The third-order valence-corrected chi connectivity index (χ3v) is 2.30. The topological polar surface area (TPSA) is 29.3 Å². The highest BCUT2D eigenvalue weighted by Gasteiger charge is 2.12. The van der Waals surface area contributed by atoms with Crippen molar-refractivity contribution in [3.63, 3.8) is 0 Å². The third-order valence-electron chi connectivity index (χ3n) is 2.30. The molecule has 2 N–H and O–H groups in total. The Labute approximate surface area is 69.1 Å². The van der Waals surface area contributed by atoms with E-state index in [4.69, 9.17) is 5.73 Å². The van der Waals surface area contributed by atoms with Crippen LogP contribution in [0.1, 0.15) is 19.8 Å². The Balaban J connectivity index is 2.13. The van der Waals surface area contributed by atoms with E-state index in [9.17, 15) is 0 Å². The van der Waals surface area contributed by atoms with Crippen LogP contribution in [-0.2, 0) is 0 Å². The molecule has 1 heterocycles. The fraction of sp³-hybridized carbons (Fsp3) is 0.778. The number of nitrogens with two attached hydrogens (primary N) is 1. The number of hydrogen-bond donors (Lipinski definition) is 1. The number of rotatable bonds is 4. The maximum atomic E-state index is 5.44. The first-order valence-corrected chi connectivity index (χ1v) is 4.43. The van der Waals surface area contributed by atoms with Gasteiger partial charge in [-0.1, -0.05) is 12.2 Å². The monoisotopic (exact) mass is 154 g/mol. The van der Waals surface area contributed by atoms with Crippen LogP contribution in [0.4, 0.5) is 0 Å². The van der Waals surface area contributed by atoms with E-state index in [-0.39, 0.29) is 0 Å². The predicted octanol–water partition coefficient (Wildman–Crippen LogP) is 0.986. The van der Waals surface area contributed by atoms with Crippen molar-refractivity contribution in [1.29, 1.82) is 0 Å². The standard InChI is InChI=1S/C9H18N2/c1-9(5-4-6-10)11-7-2-3-8-11/h2-3,9H,4-8,10H2,1H3. The van der Waals surface area contributed by atoms with E-state index in [1.807, 2.05) is 0 Å². The lowest BCUT2D eigenvalue weighted by molar-refractivity contribution is 0.254. The molecule has 0 aromatic rings. The molecular formula is C9H18N2. The molecule has 0 saturated heterocycles. The summed E-state index contributed by atoms with van der Waals surface area (Å²) in [6.07, 6.45) is 6.85. The Morgan fingerprint density at radius 3 is 2.64 bits per heavy atom. The molecule has 0 amide bonds. The second kappa shape index (κ2) is 4.52. The second-order valence-electron chi connectivity index (χ2n) is 3.21. The zero-order valence-corrected chi connectivity index (χ0v) is 7.29. The third kappa shape index (κ3) is 2.64. The largest absolute Gasteiger partial charge is 0.330 e. The van der Waals surface area contributed by atoms with Gasteiger partial charge in [0, 0.05) is 19.1 Å². The van der Waals surface area contributed by atoms with Crippen LogP contribution < -0.4 is 5.73 Å². The fourth-order valence-electron chi connectivity index (χ4n) is 1.45. The fourth-order valence-corrected chi connectivity index (χ4v) is 1.45. The molecule has 1 atom stereocenters. The maximum Gasteiger partial charge on any atom is 0.0169 e. The minimum atomic E-state index is 0.702. The molecule has 0 saturated carbocycles. The first kappa shape index (κ1) is 8.75. The summed E-state index contributed by atoms with van der Waals surface area (Å²) < 4.78 is 0. The molecule has 0 aliphatic carbocycles. The van der Waals surface area contributed by atoms with Crippen molar-refractivity contribution in [3.05, 3.63) is 12.2 Å². The van der Waals surface area contributed by atoms with Gasteiger partial charge in [-0.25, -0.2) is 0 Å². The summed E-state index contributed by atoms with van der Waals surface area (Å²) in [5.41, 5.74) is 5.44. The van der Waals surface area contributed by atoms with Gasteiger partial charge in [0.25, 0.3) is 0 Å². The molecule has 1 aliphatic heterocycles. The predicted molar refractivity (Wildman–Crippen MR) is 48.5 cm³/mol. The maximum absolute atomic E-state index is 5.44. The normalized spacial score (nSPS) is 20.9. The highest BCUT2D eigenvalue weighted by atomic mass is 15.2. The molecule has 0 aromatic heterocycles. The van der Waals surface area contributed by atoms with Gasteiger partial charge in [0.2, 0.25) is 0 Å². The minimum Gasteiger partial charge on any atom is -0.330 e. The van der Waals surface area contributed by atoms with Gasteiger partial charge in [0.1, 0.15) is 0 Å². The molecular weight excluding hydrogens is 136 g/mol. The molecule has 2 nitrogen and oxygen atoms in total. The lowest BCUT2D eigenvalue weighted by Gasteiger charge is -2.23. The molecule has 1 unspecified atom stereocenters. The molecule has 2 heteroatoms. The number of hydrogen-bond acceptors (Lipinski definition) is 2. The Morgan fingerprint density at radius 2 is 2.09 bits per heavy atom. The van der Waals surface area contributed by atoms with Crippen molar-refractivity contribution in [2.45, 2.75) is 25.8 Å². The summed E-state index contributed by atoms with van der Waals surface area (Å²) in [6.45, 7) is 5.37. The Hall–Kier alpha value is -0.340. The minimum absolute atomic E-state index is 0.702. The zero-order chi connectivity index (χ0) is 8.10. The summed E-state index contributed by atoms with van der Waals surface area (Å²) >= 11 is 0. The van der Waals surface area contributed by atoms with E-state index >= 15 is 0 Å². The van der Waals surface area contributed by atoms with Gasteiger partial charge in [-0.3, -0.25) is 4.90 Å². The van der Waals surface area contributed by atoms with Crippen LogP contribution in [0.25, 0.3) is 0 Å². The summed E-state index contributed by atoms with van der Waals surface area (Å²) in [5, 5.41) is 0. The lowest BCUT2D eigenvalue weighted by atomic mass is 10.1. The van der Waals surface area contributed by atoms with E-state index in [0.717, 1.165) is 26.1 Å². The molecule has 0 radical (unpaired) electrons. The zero-order valence-electron chi connectivity index (χ0n) is 7.29. The molecule has 11 heavy (non-hydrogen) atoms. The summed E-state index contributed by atoms with van der Waals surface area (Å²) in [6, 6.07) is 0.702. The molecule has 64 valence electrons. The summed E-state index contributed by atoms with van der Waals surface area (Å²) in [5.74, 6) is 0. The van der Waals surface area contributed by atoms with Crippen LogP contribution in [0, 0.1) is 0 Å². The molecule has 0 spiro atoms. The van der Waals surface area contributed by atoms with Gasteiger partial charge in [-0.05, 0) is 26.3 Å². The van der Waals surface area contributed by atoms with E-state index in [1.165, 1.54) is 6.42 Å². The molecule has 1 rings (SSSR count). The van der Waals surface area contributed by atoms with Crippen molar-refractivity contribution in [1.82, 2.24) is 4.90 Å². The van der Waals surface area contributed by atoms with Crippen molar-refractivity contribution >= 4 is 0 Å². The summed E-state index contributed by atoms with van der Waals surface area (Å²) in [4.78, 5) is 2.47. The van der Waals surface area contributed by atoms with Crippen molar-refractivity contribution in [3.8, 4) is 0 Å². The molecule has 1 aliphatic rings. The van der Waals surface area contributed by atoms with Gasteiger partial charge in [0.05, 0.1) is 0 Å². The van der Waals surface area contributed by atoms with Gasteiger partial charge in [0.15, 0.2) is 0 Å². The summed E-state index contributed by atoms with van der Waals surface area (Å²) in [7, 11) is 0. The van der Waals surface area contributed by atoms with Gasteiger partial charge >= 0.3 is 0 Å². The van der Waals surface area contributed by atoms with E-state index in [0.29, 0.717) is 6.04 Å². The first-order valence-electron chi connectivity index (χ1n) is 4.43. The lowest BCUT2D eigenvalue weighted by Crippen LogP contribution is -2.30. The first-order chi connectivity index (χ1) is 5.34. The van der Waals surface area contributed by atoms with Crippen molar-refractivity contribution in [2.24, 2.45) is 5.73 Å². The number of nitrogens with zero attached hydrogens (tertiary/aromatic N) is 1. The van der Waals surface area contributed by atoms with E-state index in [2.05, 4.69) is 24.0 Å². The van der Waals surface area contributed by atoms with Crippen LogP contribution in [-0.4, -0.2) is 30.6 Å². The highest BCUT2D eigenvalue weighted by Crippen LogP contribution is 2.09. The SMILES string of the molecule is CC(CCCN)N1CC=CC1. The highest BCUT2D eigenvalue weighted by molar-refractivity contribution is 4.96. The van der Waals surface area contributed by atoms with Crippen molar-refractivity contribution < 1.29 is 0 Å². The van der Waals surface area contributed by atoms with Gasteiger partial charge in [-0.15, -0.1) is 0 Å². The van der Waals surface area contributed by atoms with Crippen LogP contribution in [0.3, 0.4) is 0 Å².